The third-order valence-corrected chi connectivity index (χ3v) is 7.30. The van der Waals surface area contributed by atoms with Gasteiger partial charge in [-0.1, -0.05) is 13.3 Å². The molecule has 1 fully saturated rings. The van der Waals surface area contributed by atoms with E-state index < -0.39 is 10.0 Å². The molecule has 0 unspecified atom stereocenters. The number of H-pyrrole nitrogens is 1. The maximum Gasteiger partial charge on any atom is 0.277 e. The molecule has 0 atom stereocenters. The second-order valence-corrected chi connectivity index (χ2v) is 10.0. The molecule has 3 heterocycles. The molecule has 2 aromatic heterocycles. The summed E-state index contributed by atoms with van der Waals surface area (Å²) in [5.74, 6) is 0.671. The van der Waals surface area contributed by atoms with Crippen molar-refractivity contribution in [3.8, 4) is 17.1 Å². The summed E-state index contributed by atoms with van der Waals surface area (Å²) < 4.78 is 39.8. The van der Waals surface area contributed by atoms with E-state index in [1.807, 2.05) is 19.9 Å². The number of pyridine rings is 1. The molecule has 188 valence electrons. The van der Waals surface area contributed by atoms with E-state index in [0.29, 0.717) is 43.2 Å². The maximum atomic E-state index is 13.0. The van der Waals surface area contributed by atoms with Crippen LogP contribution in [0.15, 0.2) is 40.2 Å². The minimum absolute atomic E-state index is 0.0700. The summed E-state index contributed by atoms with van der Waals surface area (Å²) in [6.07, 6.45) is 3.23. The molecule has 0 spiro atoms. The summed E-state index contributed by atoms with van der Waals surface area (Å²) in [5.41, 5.74) is 1.69. The topological polar surface area (TPSA) is 127 Å². The van der Waals surface area contributed by atoms with E-state index >= 15 is 0 Å². The van der Waals surface area contributed by atoms with Gasteiger partial charge in [-0.3, -0.25) is 9.69 Å². The number of ether oxygens (including phenoxy) is 2. The molecule has 1 aromatic carbocycles. The lowest BCUT2D eigenvalue weighted by molar-refractivity contribution is 0.0390. The molecule has 1 saturated heterocycles. The summed E-state index contributed by atoms with van der Waals surface area (Å²) in [6.45, 7) is 8.01. The van der Waals surface area contributed by atoms with E-state index in [1.165, 1.54) is 12.1 Å². The number of hydrogen-bond donors (Lipinski definition) is 2. The van der Waals surface area contributed by atoms with Gasteiger partial charge in [-0.2, -0.15) is 0 Å². The Bertz CT molecular complexity index is 1340. The molecule has 4 rings (SSSR count). The van der Waals surface area contributed by atoms with Gasteiger partial charge < -0.3 is 14.5 Å². The zero-order chi connectivity index (χ0) is 24.8. The summed E-state index contributed by atoms with van der Waals surface area (Å²) in [5, 5.41) is 0. The van der Waals surface area contributed by atoms with Crippen LogP contribution in [0.5, 0.6) is 5.75 Å². The standard InChI is InChI=1S/C24H31N5O5S/c1-3-5-17-8-9-25-22-21(17)27-23(28-24(22)30)19-16-18(6-7-20(19)34-4-2)35(31,32)26-10-11-29-12-14-33-15-13-29/h6-9,16,26H,3-5,10-15H2,1-2H3,(H,27,28,30). The number of aromatic nitrogens is 3. The molecule has 2 N–H and O–H groups in total. The molecule has 1 aliphatic heterocycles. The van der Waals surface area contributed by atoms with Crippen LogP contribution in [0.1, 0.15) is 25.8 Å². The van der Waals surface area contributed by atoms with Gasteiger partial charge in [-0.05, 0) is 43.2 Å². The van der Waals surface area contributed by atoms with Gasteiger partial charge in [0, 0.05) is 32.4 Å². The number of fused-ring (bicyclic) bond motifs is 1. The molecule has 10 nitrogen and oxygen atoms in total. The first-order valence-electron chi connectivity index (χ1n) is 11.9. The summed E-state index contributed by atoms with van der Waals surface area (Å²) >= 11 is 0. The highest BCUT2D eigenvalue weighted by Gasteiger charge is 2.20. The van der Waals surface area contributed by atoms with Crippen molar-refractivity contribution >= 4 is 21.1 Å². The van der Waals surface area contributed by atoms with Crippen molar-refractivity contribution < 1.29 is 17.9 Å². The Kier molecular flexibility index (Phi) is 8.11. The van der Waals surface area contributed by atoms with Crippen molar-refractivity contribution in [2.75, 3.05) is 46.0 Å². The molecule has 0 bridgehead atoms. The number of nitrogens with zero attached hydrogens (tertiary/aromatic N) is 3. The van der Waals surface area contributed by atoms with Gasteiger partial charge in [0.1, 0.15) is 17.1 Å². The second kappa shape index (κ2) is 11.3. The fourth-order valence-electron chi connectivity index (χ4n) is 4.08. The number of hydrogen-bond acceptors (Lipinski definition) is 8. The summed E-state index contributed by atoms with van der Waals surface area (Å²) in [7, 11) is -3.79. The lowest BCUT2D eigenvalue weighted by Crippen LogP contribution is -2.41. The van der Waals surface area contributed by atoms with Gasteiger partial charge in [0.05, 0.1) is 30.3 Å². The van der Waals surface area contributed by atoms with Crippen LogP contribution in [0.4, 0.5) is 0 Å². The lowest BCUT2D eigenvalue weighted by atomic mass is 10.1. The Morgan fingerprint density at radius 3 is 2.71 bits per heavy atom. The third kappa shape index (κ3) is 5.87. The number of aromatic amines is 1. The van der Waals surface area contributed by atoms with E-state index in [4.69, 9.17) is 9.47 Å². The predicted octanol–water partition coefficient (Wildman–Crippen LogP) is 1.95. The van der Waals surface area contributed by atoms with Crippen molar-refractivity contribution in [1.82, 2.24) is 24.6 Å². The largest absolute Gasteiger partial charge is 0.493 e. The van der Waals surface area contributed by atoms with Crippen molar-refractivity contribution in [3.63, 3.8) is 0 Å². The van der Waals surface area contributed by atoms with E-state index in [0.717, 1.165) is 31.5 Å². The van der Waals surface area contributed by atoms with E-state index in [-0.39, 0.29) is 28.3 Å². The van der Waals surface area contributed by atoms with Gasteiger partial charge in [-0.15, -0.1) is 0 Å². The zero-order valence-corrected chi connectivity index (χ0v) is 20.9. The molecule has 35 heavy (non-hydrogen) atoms. The van der Waals surface area contributed by atoms with E-state index in [1.54, 1.807) is 12.3 Å². The van der Waals surface area contributed by atoms with Gasteiger partial charge >= 0.3 is 0 Å². The number of sulfonamides is 1. The van der Waals surface area contributed by atoms with E-state index in [9.17, 15) is 13.2 Å². The Labute approximate surface area is 204 Å². The number of aryl methyl sites for hydroxylation is 1. The predicted molar refractivity (Wildman–Crippen MR) is 133 cm³/mol. The molecular weight excluding hydrogens is 470 g/mol. The first kappa shape index (κ1) is 25.2. The smallest absolute Gasteiger partial charge is 0.277 e. The van der Waals surface area contributed by atoms with Crippen LogP contribution >= 0.6 is 0 Å². The van der Waals surface area contributed by atoms with Crippen LogP contribution in [0, 0.1) is 0 Å². The first-order chi connectivity index (χ1) is 16.9. The fourth-order valence-corrected chi connectivity index (χ4v) is 5.13. The van der Waals surface area contributed by atoms with Gasteiger partial charge in [0.15, 0.2) is 5.52 Å². The molecule has 0 saturated carbocycles. The molecule has 11 heteroatoms. The summed E-state index contributed by atoms with van der Waals surface area (Å²) in [4.78, 5) is 26.7. The van der Waals surface area contributed by atoms with Crippen LogP contribution in [-0.4, -0.2) is 74.3 Å². The van der Waals surface area contributed by atoms with E-state index in [2.05, 4.69) is 24.6 Å². The number of rotatable bonds is 10. The third-order valence-electron chi connectivity index (χ3n) is 5.84. The average molecular weight is 502 g/mol. The average Bonchev–Trinajstić information content (AvgIpc) is 2.85. The highest BCUT2D eigenvalue weighted by atomic mass is 32.2. The zero-order valence-electron chi connectivity index (χ0n) is 20.0. The van der Waals surface area contributed by atoms with Crippen molar-refractivity contribution in [3.05, 3.63) is 46.4 Å². The summed E-state index contributed by atoms with van der Waals surface area (Å²) in [6, 6.07) is 6.43. The number of morpholine rings is 1. The quantitative estimate of drug-likeness (QED) is 0.432. The van der Waals surface area contributed by atoms with Crippen LogP contribution in [0.3, 0.4) is 0 Å². The molecular formula is C24H31N5O5S. The maximum absolute atomic E-state index is 13.0. The van der Waals surface area contributed by atoms with Crippen LogP contribution in [-0.2, 0) is 21.2 Å². The Morgan fingerprint density at radius 1 is 1.17 bits per heavy atom. The second-order valence-electron chi connectivity index (χ2n) is 8.27. The molecule has 0 radical (unpaired) electrons. The number of nitrogens with one attached hydrogen (secondary N) is 2. The first-order valence-corrected chi connectivity index (χ1v) is 13.4. The Balaban J connectivity index is 1.68. The van der Waals surface area contributed by atoms with Crippen LogP contribution in [0.2, 0.25) is 0 Å². The van der Waals surface area contributed by atoms with Crippen LogP contribution < -0.4 is 15.0 Å². The monoisotopic (exact) mass is 501 g/mol. The molecule has 0 amide bonds. The van der Waals surface area contributed by atoms with Crippen molar-refractivity contribution in [1.29, 1.82) is 0 Å². The van der Waals surface area contributed by atoms with Gasteiger partial charge in [-0.25, -0.2) is 23.1 Å². The molecule has 3 aromatic rings. The highest BCUT2D eigenvalue weighted by molar-refractivity contribution is 7.89. The Morgan fingerprint density at radius 2 is 1.97 bits per heavy atom. The van der Waals surface area contributed by atoms with Crippen LogP contribution in [0.25, 0.3) is 22.4 Å². The lowest BCUT2D eigenvalue weighted by Gasteiger charge is -2.26. The minimum atomic E-state index is -3.79. The fraction of sp³-hybridized carbons (Fsp3) is 0.458. The molecule has 1 aliphatic rings. The highest BCUT2D eigenvalue weighted by Crippen LogP contribution is 2.31. The van der Waals surface area contributed by atoms with Crippen molar-refractivity contribution in [2.24, 2.45) is 0 Å². The molecule has 0 aliphatic carbocycles. The number of benzene rings is 1. The minimum Gasteiger partial charge on any atom is -0.493 e. The van der Waals surface area contributed by atoms with Gasteiger partial charge in [0.2, 0.25) is 10.0 Å². The van der Waals surface area contributed by atoms with Crippen molar-refractivity contribution in [2.45, 2.75) is 31.6 Å². The van der Waals surface area contributed by atoms with Gasteiger partial charge in [0.25, 0.3) is 5.56 Å². The normalized spacial score (nSPS) is 14.9. The Hall–Kier alpha value is -2.86. The SMILES string of the molecule is CCCc1ccnc2c(=O)[nH]c(-c3cc(S(=O)(=O)NCCN4CCOCC4)ccc3OCC)nc12.